The van der Waals surface area contributed by atoms with Crippen molar-refractivity contribution in [2.75, 3.05) is 45.6 Å². The van der Waals surface area contributed by atoms with E-state index in [-0.39, 0.29) is 59.3 Å². The number of H-pyrrole nitrogens is 1. The van der Waals surface area contributed by atoms with Crippen molar-refractivity contribution in [3.63, 3.8) is 0 Å². The number of carbonyl (C=O) groups excluding carboxylic acids is 2. The number of ether oxygens (including phenoxy) is 2. The lowest BCUT2D eigenvalue weighted by molar-refractivity contribution is 0.00678. The molecule has 2 heterocycles. The number of likely N-dealkylation sites (tertiary alicyclic amines) is 1. The van der Waals surface area contributed by atoms with E-state index in [9.17, 15) is 14.4 Å². The summed E-state index contributed by atoms with van der Waals surface area (Å²) in [4.78, 5) is 41.1. The van der Waals surface area contributed by atoms with Crippen molar-refractivity contribution in [1.82, 2.24) is 20.5 Å². The fourth-order valence-corrected chi connectivity index (χ4v) is 4.12. The number of aromatic nitrogens is 1. The van der Waals surface area contributed by atoms with Gasteiger partial charge in [0, 0.05) is 39.8 Å². The molecule has 0 saturated carbocycles. The van der Waals surface area contributed by atoms with Gasteiger partial charge in [0.1, 0.15) is 11.4 Å². The Morgan fingerprint density at radius 2 is 1.95 bits per heavy atom. The fourth-order valence-electron chi connectivity index (χ4n) is 3.96. The fraction of sp³-hybridized carbons (Fsp3) is 0.458. The van der Waals surface area contributed by atoms with Crippen LogP contribution in [0.3, 0.4) is 0 Å². The third-order valence-corrected chi connectivity index (χ3v) is 6.24. The van der Waals surface area contributed by atoms with Gasteiger partial charge in [-0.25, -0.2) is 4.79 Å². The second-order valence-corrected chi connectivity index (χ2v) is 8.72. The lowest BCUT2D eigenvalue weighted by Gasteiger charge is -2.38. The van der Waals surface area contributed by atoms with Gasteiger partial charge in [0.2, 0.25) is 0 Å². The van der Waals surface area contributed by atoms with Gasteiger partial charge in [-0.2, -0.15) is 0 Å². The van der Waals surface area contributed by atoms with Crippen molar-refractivity contribution in [3.05, 3.63) is 62.4 Å². The molecule has 0 unspecified atom stereocenters. The minimum Gasteiger partial charge on any atom is -0.462 e. The van der Waals surface area contributed by atoms with Crippen molar-refractivity contribution in [2.45, 2.75) is 32.0 Å². The highest BCUT2D eigenvalue weighted by Crippen LogP contribution is 2.17. The van der Waals surface area contributed by atoms with Crippen LogP contribution in [0.4, 0.5) is 5.82 Å². The van der Waals surface area contributed by atoms with E-state index in [4.69, 9.17) is 26.8 Å². The van der Waals surface area contributed by atoms with Crippen LogP contribution in [0.1, 0.15) is 39.6 Å². The maximum absolute atomic E-state index is 12.6. The number of benzene rings is 1. The predicted molar refractivity (Wildman–Crippen MR) is 148 cm³/mol. The van der Waals surface area contributed by atoms with Crippen LogP contribution in [0.5, 0.6) is 0 Å². The molecule has 10 nitrogen and oxygen atoms in total. The molecule has 3 rings (SSSR count). The molecule has 0 aliphatic carbocycles. The molecule has 1 aromatic heterocycles. The highest BCUT2D eigenvalue weighted by molar-refractivity contribution is 6.33. The summed E-state index contributed by atoms with van der Waals surface area (Å²) in [6.07, 6.45) is 0.464. The molecule has 37 heavy (non-hydrogen) atoms. The number of anilines is 1. The number of nitrogens with zero attached hydrogens (tertiary/aromatic N) is 1. The maximum Gasteiger partial charge on any atom is 0.338 e. The SMILES string of the molecule is CCOC(=O)c1ccc(CNCCN2CC[C@H](NC(=O)c3cc(Cl)c(N)[nH]c3=O)[C@H](OC)C2)cc1.Cl.Cl. The van der Waals surface area contributed by atoms with Crippen molar-refractivity contribution >= 4 is 54.1 Å². The minimum atomic E-state index is -0.586. The molecule has 1 aromatic carbocycles. The van der Waals surface area contributed by atoms with Crippen LogP contribution < -0.4 is 21.9 Å². The van der Waals surface area contributed by atoms with Crippen LogP contribution in [0.25, 0.3) is 0 Å². The first-order chi connectivity index (χ1) is 16.8. The van der Waals surface area contributed by atoms with E-state index >= 15 is 0 Å². The summed E-state index contributed by atoms with van der Waals surface area (Å²) in [5.74, 6) is -0.800. The summed E-state index contributed by atoms with van der Waals surface area (Å²) < 4.78 is 10.6. The van der Waals surface area contributed by atoms with Crippen LogP contribution >= 0.6 is 36.4 Å². The zero-order valence-electron chi connectivity index (χ0n) is 20.8. The third-order valence-electron chi connectivity index (χ3n) is 5.93. The molecule has 5 N–H and O–H groups in total. The number of carbonyl (C=O) groups is 2. The standard InChI is InChI=1S/C24H32ClN5O5.2ClH/c1-3-35-24(33)16-6-4-15(5-7-16)13-27-9-11-30-10-8-19(20(14-30)34-2)28-22(31)17-12-18(25)21(26)29-23(17)32;;/h4-7,12,19-20,27H,3,8-11,13-14H2,1-2H3,(H,28,31)(H3,26,29,32);2*1H/t19-,20+;;/m0../s1. The Bertz CT molecular complexity index is 1080. The zero-order valence-corrected chi connectivity index (χ0v) is 23.1. The number of pyridine rings is 1. The lowest BCUT2D eigenvalue weighted by atomic mass is 10.0. The van der Waals surface area contributed by atoms with E-state index in [0.717, 1.165) is 25.2 Å². The number of nitrogen functional groups attached to an aromatic ring is 1. The average Bonchev–Trinajstić information content (AvgIpc) is 2.85. The van der Waals surface area contributed by atoms with E-state index in [0.29, 0.717) is 31.7 Å². The molecule has 1 aliphatic rings. The number of halogens is 3. The Morgan fingerprint density at radius 3 is 2.59 bits per heavy atom. The van der Waals surface area contributed by atoms with E-state index in [1.165, 1.54) is 6.07 Å². The molecule has 2 atom stereocenters. The number of hydrogen-bond acceptors (Lipinski definition) is 8. The number of methoxy groups -OCH3 is 1. The summed E-state index contributed by atoms with van der Waals surface area (Å²) >= 11 is 5.95. The van der Waals surface area contributed by atoms with Gasteiger partial charge >= 0.3 is 5.97 Å². The second kappa shape index (κ2) is 15.8. The topological polar surface area (TPSA) is 139 Å². The first-order valence-electron chi connectivity index (χ1n) is 11.5. The number of hydrogen-bond donors (Lipinski definition) is 4. The molecule has 2 aromatic rings. The largest absolute Gasteiger partial charge is 0.462 e. The van der Waals surface area contributed by atoms with E-state index < -0.39 is 11.5 Å². The molecular formula is C24H34Cl3N5O5. The number of amides is 1. The number of rotatable bonds is 10. The molecule has 1 fully saturated rings. The molecule has 0 radical (unpaired) electrons. The van der Waals surface area contributed by atoms with Gasteiger partial charge in [0.25, 0.3) is 11.5 Å². The first kappa shape index (κ1) is 32.7. The monoisotopic (exact) mass is 577 g/mol. The number of nitrogens with two attached hydrogens (primary N) is 1. The summed E-state index contributed by atoms with van der Waals surface area (Å²) in [6.45, 7) is 5.83. The van der Waals surface area contributed by atoms with Gasteiger partial charge in [-0.3, -0.25) is 14.5 Å². The van der Waals surface area contributed by atoms with E-state index in [1.807, 2.05) is 12.1 Å². The van der Waals surface area contributed by atoms with Gasteiger partial charge in [0.05, 0.1) is 29.3 Å². The molecule has 1 saturated heterocycles. The number of esters is 1. The molecule has 0 spiro atoms. The van der Waals surface area contributed by atoms with Crippen LogP contribution in [-0.4, -0.2) is 73.8 Å². The Morgan fingerprint density at radius 1 is 1.24 bits per heavy atom. The normalized spacial score (nSPS) is 17.3. The number of piperidine rings is 1. The first-order valence-corrected chi connectivity index (χ1v) is 11.9. The van der Waals surface area contributed by atoms with Gasteiger partial charge in [-0.15, -0.1) is 24.8 Å². The van der Waals surface area contributed by atoms with Crippen molar-refractivity contribution in [1.29, 1.82) is 0 Å². The molecule has 1 amide bonds. The molecule has 13 heteroatoms. The van der Waals surface area contributed by atoms with Gasteiger partial charge in [-0.1, -0.05) is 23.7 Å². The van der Waals surface area contributed by atoms with Crippen LogP contribution in [0.15, 0.2) is 35.1 Å². The molecule has 0 bridgehead atoms. The van der Waals surface area contributed by atoms with Crippen LogP contribution in [0, 0.1) is 0 Å². The average molecular weight is 579 g/mol. The quantitative estimate of drug-likeness (QED) is 0.249. The highest BCUT2D eigenvalue weighted by Gasteiger charge is 2.31. The second-order valence-electron chi connectivity index (χ2n) is 8.31. The predicted octanol–water partition coefficient (Wildman–Crippen LogP) is 2.24. The highest BCUT2D eigenvalue weighted by atomic mass is 35.5. The molecule has 1 aliphatic heterocycles. The summed E-state index contributed by atoms with van der Waals surface area (Å²) in [5, 5.41) is 6.42. The molecule has 206 valence electrons. The van der Waals surface area contributed by atoms with Gasteiger partial charge in [0.15, 0.2) is 0 Å². The summed E-state index contributed by atoms with van der Waals surface area (Å²) in [7, 11) is 1.61. The maximum atomic E-state index is 12.6. The number of aromatic amines is 1. The molecular weight excluding hydrogens is 545 g/mol. The van der Waals surface area contributed by atoms with Gasteiger partial charge in [-0.05, 0) is 37.1 Å². The van der Waals surface area contributed by atoms with Crippen LogP contribution in [-0.2, 0) is 16.0 Å². The van der Waals surface area contributed by atoms with E-state index in [1.54, 1.807) is 26.2 Å². The Balaban J connectivity index is 0.00000342. The number of nitrogens with one attached hydrogen (secondary N) is 3. The van der Waals surface area contributed by atoms with Crippen molar-refractivity contribution < 1.29 is 19.1 Å². The lowest BCUT2D eigenvalue weighted by Crippen LogP contribution is -2.55. The summed E-state index contributed by atoms with van der Waals surface area (Å²) in [5.41, 5.74) is 6.53. The van der Waals surface area contributed by atoms with Crippen molar-refractivity contribution in [3.8, 4) is 0 Å². The van der Waals surface area contributed by atoms with E-state index in [2.05, 4.69) is 20.5 Å². The van der Waals surface area contributed by atoms with Gasteiger partial charge < -0.3 is 30.8 Å². The summed E-state index contributed by atoms with van der Waals surface area (Å²) in [6, 6.07) is 8.40. The Hall–Kier alpha value is -2.34. The van der Waals surface area contributed by atoms with Crippen LogP contribution in [0.2, 0.25) is 5.02 Å². The van der Waals surface area contributed by atoms with Crippen molar-refractivity contribution in [2.24, 2.45) is 0 Å². The smallest absolute Gasteiger partial charge is 0.338 e. The minimum absolute atomic E-state index is 0. The Labute approximate surface area is 233 Å². The zero-order chi connectivity index (χ0) is 25.4. The Kier molecular flexibility index (Phi) is 14.0. The third kappa shape index (κ3) is 9.17.